The molecule has 0 aliphatic carbocycles. The number of aliphatic hydroxyl groups is 1. The maximum absolute atomic E-state index is 11.1. The predicted molar refractivity (Wildman–Crippen MR) is 51.4 cm³/mol. The van der Waals surface area contributed by atoms with Gasteiger partial charge in [0.25, 0.3) is 0 Å². The molecule has 1 aromatic rings. The quantitative estimate of drug-likeness (QED) is 0.708. The van der Waals surface area contributed by atoms with Crippen LogP contribution in [0.4, 0.5) is 0 Å². The van der Waals surface area contributed by atoms with E-state index in [4.69, 9.17) is 4.74 Å². The number of ether oxygens (including phenoxy) is 1. The SMILES string of the molecule is O=CC1(CO)CCOc2ccccc21. The van der Waals surface area contributed by atoms with Crippen LogP contribution in [0, 0.1) is 0 Å². The second-order valence-electron chi connectivity index (χ2n) is 3.53. The molecule has 1 aliphatic heterocycles. The number of para-hydroxylation sites is 1. The largest absolute Gasteiger partial charge is 0.493 e. The van der Waals surface area contributed by atoms with Gasteiger partial charge < -0.3 is 14.6 Å². The van der Waals surface area contributed by atoms with Crippen LogP contribution in [0.1, 0.15) is 12.0 Å². The van der Waals surface area contributed by atoms with Crippen LogP contribution in [0.25, 0.3) is 0 Å². The average Bonchev–Trinajstić information content (AvgIpc) is 2.28. The lowest BCUT2D eigenvalue weighted by molar-refractivity contribution is -0.115. The first kappa shape index (κ1) is 9.21. The third-order valence-electron chi connectivity index (χ3n) is 2.74. The number of hydrogen-bond acceptors (Lipinski definition) is 3. The molecule has 0 aromatic heterocycles. The van der Waals surface area contributed by atoms with Crippen molar-refractivity contribution in [3.63, 3.8) is 0 Å². The molecular weight excluding hydrogens is 180 g/mol. The highest BCUT2D eigenvalue weighted by molar-refractivity contribution is 5.71. The minimum absolute atomic E-state index is 0.156. The number of aldehydes is 1. The highest BCUT2D eigenvalue weighted by atomic mass is 16.5. The van der Waals surface area contributed by atoms with Crippen LogP contribution in [0.15, 0.2) is 24.3 Å². The summed E-state index contributed by atoms with van der Waals surface area (Å²) in [6.45, 7) is 0.327. The zero-order valence-electron chi connectivity index (χ0n) is 7.77. The molecule has 1 atom stereocenters. The Morgan fingerprint density at radius 2 is 2.29 bits per heavy atom. The van der Waals surface area contributed by atoms with Gasteiger partial charge in [-0.3, -0.25) is 0 Å². The van der Waals surface area contributed by atoms with Gasteiger partial charge in [0.15, 0.2) is 0 Å². The van der Waals surface area contributed by atoms with Crippen molar-refractivity contribution in [1.82, 2.24) is 0 Å². The van der Waals surface area contributed by atoms with Crippen LogP contribution in [0.2, 0.25) is 0 Å². The van der Waals surface area contributed by atoms with E-state index in [1.807, 2.05) is 24.3 Å². The van der Waals surface area contributed by atoms with Gasteiger partial charge in [0.1, 0.15) is 12.0 Å². The van der Waals surface area contributed by atoms with Crippen LogP contribution in [0.3, 0.4) is 0 Å². The number of carbonyl (C=O) groups is 1. The molecule has 3 heteroatoms. The van der Waals surface area contributed by atoms with Gasteiger partial charge in [0.05, 0.1) is 18.6 Å². The lowest BCUT2D eigenvalue weighted by Gasteiger charge is -2.32. The third kappa shape index (κ3) is 1.21. The molecule has 74 valence electrons. The monoisotopic (exact) mass is 192 g/mol. The minimum atomic E-state index is -0.755. The molecule has 1 aromatic carbocycles. The van der Waals surface area contributed by atoms with E-state index >= 15 is 0 Å². The number of benzene rings is 1. The van der Waals surface area contributed by atoms with Crippen molar-refractivity contribution >= 4 is 6.29 Å². The van der Waals surface area contributed by atoms with Gasteiger partial charge in [0, 0.05) is 12.0 Å². The van der Waals surface area contributed by atoms with Crippen molar-refractivity contribution in [3.8, 4) is 5.75 Å². The van der Waals surface area contributed by atoms with Gasteiger partial charge in [-0.15, -0.1) is 0 Å². The Balaban J connectivity index is 2.53. The molecular formula is C11H12O3. The molecule has 0 fully saturated rings. The second-order valence-corrected chi connectivity index (χ2v) is 3.53. The Morgan fingerprint density at radius 1 is 1.50 bits per heavy atom. The Labute approximate surface area is 82.3 Å². The Kier molecular flexibility index (Phi) is 2.25. The van der Waals surface area contributed by atoms with E-state index in [1.165, 1.54) is 0 Å². The van der Waals surface area contributed by atoms with Crippen LogP contribution < -0.4 is 4.74 Å². The first-order chi connectivity index (χ1) is 6.82. The highest BCUT2D eigenvalue weighted by Crippen LogP contribution is 2.36. The van der Waals surface area contributed by atoms with Crippen molar-refractivity contribution in [3.05, 3.63) is 29.8 Å². The zero-order chi connectivity index (χ0) is 10.0. The summed E-state index contributed by atoms with van der Waals surface area (Å²) in [6, 6.07) is 7.36. The number of aliphatic hydroxyl groups excluding tert-OH is 1. The molecule has 1 unspecified atom stereocenters. The summed E-state index contributed by atoms with van der Waals surface area (Å²) in [5, 5.41) is 9.30. The zero-order valence-corrected chi connectivity index (χ0v) is 7.77. The van der Waals surface area contributed by atoms with Gasteiger partial charge in [-0.1, -0.05) is 18.2 Å². The summed E-state index contributed by atoms with van der Waals surface area (Å²) in [7, 11) is 0. The second kappa shape index (κ2) is 3.42. The Hall–Kier alpha value is -1.35. The number of hydrogen-bond donors (Lipinski definition) is 1. The number of fused-ring (bicyclic) bond motifs is 1. The van der Waals surface area contributed by atoms with Crippen molar-refractivity contribution in [2.45, 2.75) is 11.8 Å². The van der Waals surface area contributed by atoms with E-state index in [2.05, 4.69) is 0 Å². The van der Waals surface area contributed by atoms with Crippen molar-refractivity contribution in [2.75, 3.05) is 13.2 Å². The summed E-state index contributed by atoms with van der Waals surface area (Å²) < 4.78 is 5.41. The fourth-order valence-electron chi connectivity index (χ4n) is 1.81. The molecule has 3 nitrogen and oxygen atoms in total. The minimum Gasteiger partial charge on any atom is -0.493 e. The fourth-order valence-corrected chi connectivity index (χ4v) is 1.81. The van der Waals surface area contributed by atoms with Crippen molar-refractivity contribution in [1.29, 1.82) is 0 Å². The standard InChI is InChI=1S/C11H12O3/c12-7-11(8-13)5-6-14-10-4-2-1-3-9(10)11/h1-4,7,13H,5-6,8H2. The molecule has 0 saturated heterocycles. The van der Waals surface area contributed by atoms with Crippen molar-refractivity contribution in [2.24, 2.45) is 0 Å². The van der Waals surface area contributed by atoms with E-state index in [-0.39, 0.29) is 6.61 Å². The maximum atomic E-state index is 11.1. The molecule has 1 heterocycles. The van der Waals surface area contributed by atoms with Crippen LogP contribution in [0.5, 0.6) is 5.75 Å². The highest BCUT2D eigenvalue weighted by Gasteiger charge is 2.36. The van der Waals surface area contributed by atoms with Crippen LogP contribution in [-0.2, 0) is 10.2 Å². The molecule has 0 radical (unpaired) electrons. The summed E-state index contributed by atoms with van der Waals surface area (Å²) in [4.78, 5) is 11.1. The Bertz CT molecular complexity index is 348. The normalized spacial score (nSPS) is 24.9. The van der Waals surface area contributed by atoms with E-state index in [9.17, 15) is 9.90 Å². The maximum Gasteiger partial charge on any atom is 0.133 e. The van der Waals surface area contributed by atoms with Gasteiger partial charge in [0.2, 0.25) is 0 Å². The molecule has 0 bridgehead atoms. The van der Waals surface area contributed by atoms with Crippen LogP contribution >= 0.6 is 0 Å². The molecule has 1 aliphatic rings. The first-order valence-corrected chi connectivity index (χ1v) is 4.62. The van der Waals surface area contributed by atoms with Crippen LogP contribution in [-0.4, -0.2) is 24.6 Å². The van der Waals surface area contributed by atoms with E-state index in [1.54, 1.807) is 0 Å². The molecule has 0 amide bonds. The third-order valence-corrected chi connectivity index (χ3v) is 2.74. The van der Waals surface area contributed by atoms with Gasteiger partial charge in [-0.05, 0) is 6.07 Å². The van der Waals surface area contributed by atoms with E-state index < -0.39 is 5.41 Å². The number of carbonyl (C=O) groups excluding carboxylic acids is 1. The summed E-state index contributed by atoms with van der Waals surface area (Å²) in [5.41, 5.74) is 0.0400. The summed E-state index contributed by atoms with van der Waals surface area (Å²) in [6.07, 6.45) is 1.37. The molecule has 0 spiro atoms. The number of rotatable bonds is 2. The summed E-state index contributed by atoms with van der Waals surface area (Å²) in [5.74, 6) is 0.708. The van der Waals surface area contributed by atoms with Gasteiger partial charge >= 0.3 is 0 Å². The van der Waals surface area contributed by atoms with Crippen molar-refractivity contribution < 1.29 is 14.6 Å². The van der Waals surface area contributed by atoms with E-state index in [0.29, 0.717) is 18.8 Å². The molecule has 1 N–H and O–H groups in total. The molecule has 2 rings (SSSR count). The fraction of sp³-hybridized carbons (Fsp3) is 0.364. The summed E-state index contributed by atoms with van der Waals surface area (Å²) >= 11 is 0. The first-order valence-electron chi connectivity index (χ1n) is 4.62. The van der Waals surface area contributed by atoms with E-state index in [0.717, 1.165) is 11.8 Å². The van der Waals surface area contributed by atoms with Gasteiger partial charge in [-0.25, -0.2) is 0 Å². The lowest BCUT2D eigenvalue weighted by Crippen LogP contribution is -2.37. The van der Waals surface area contributed by atoms with Gasteiger partial charge in [-0.2, -0.15) is 0 Å². The Morgan fingerprint density at radius 3 is 3.00 bits per heavy atom. The molecule has 0 saturated carbocycles. The average molecular weight is 192 g/mol. The molecule has 14 heavy (non-hydrogen) atoms. The lowest BCUT2D eigenvalue weighted by atomic mass is 9.78. The topological polar surface area (TPSA) is 46.5 Å². The predicted octanol–water partition coefficient (Wildman–Crippen LogP) is 0.898. The smallest absolute Gasteiger partial charge is 0.133 e.